The van der Waals surface area contributed by atoms with Crippen LogP contribution >= 0.6 is 0 Å². The SMILES string of the molecule is CC(N)C(=O)NCC1(CO)CCCC1. The topological polar surface area (TPSA) is 75.4 Å². The first-order valence-electron chi connectivity index (χ1n) is 5.24. The van der Waals surface area contributed by atoms with E-state index in [1.54, 1.807) is 6.92 Å². The van der Waals surface area contributed by atoms with E-state index < -0.39 is 6.04 Å². The fraction of sp³-hybridized carbons (Fsp3) is 0.900. The van der Waals surface area contributed by atoms with E-state index in [4.69, 9.17) is 5.73 Å². The summed E-state index contributed by atoms with van der Waals surface area (Å²) in [6, 6.07) is -0.466. The molecule has 1 unspecified atom stereocenters. The first kappa shape index (κ1) is 11.5. The van der Waals surface area contributed by atoms with Gasteiger partial charge >= 0.3 is 0 Å². The Hall–Kier alpha value is -0.610. The molecular formula is C10H20N2O2. The molecule has 14 heavy (non-hydrogen) atoms. The lowest BCUT2D eigenvalue weighted by Gasteiger charge is -2.26. The van der Waals surface area contributed by atoms with E-state index in [9.17, 15) is 9.90 Å². The summed E-state index contributed by atoms with van der Waals surface area (Å²) < 4.78 is 0. The molecule has 0 radical (unpaired) electrons. The second-order valence-electron chi connectivity index (χ2n) is 4.37. The van der Waals surface area contributed by atoms with Crippen LogP contribution in [0.25, 0.3) is 0 Å². The van der Waals surface area contributed by atoms with Gasteiger partial charge in [0.2, 0.25) is 5.91 Å². The number of aliphatic hydroxyl groups excluding tert-OH is 1. The van der Waals surface area contributed by atoms with Crippen molar-refractivity contribution in [2.75, 3.05) is 13.2 Å². The van der Waals surface area contributed by atoms with Gasteiger partial charge in [-0.2, -0.15) is 0 Å². The van der Waals surface area contributed by atoms with Crippen molar-refractivity contribution in [1.82, 2.24) is 5.32 Å². The van der Waals surface area contributed by atoms with Crippen molar-refractivity contribution in [3.63, 3.8) is 0 Å². The minimum absolute atomic E-state index is 0.0788. The van der Waals surface area contributed by atoms with E-state index in [-0.39, 0.29) is 17.9 Å². The number of aliphatic hydroxyl groups is 1. The average molecular weight is 200 g/mol. The van der Waals surface area contributed by atoms with Gasteiger partial charge < -0.3 is 16.2 Å². The first-order chi connectivity index (χ1) is 6.59. The van der Waals surface area contributed by atoms with Crippen molar-refractivity contribution in [3.05, 3.63) is 0 Å². The number of carbonyl (C=O) groups excluding carboxylic acids is 1. The molecule has 1 rings (SSSR count). The first-order valence-corrected chi connectivity index (χ1v) is 5.24. The predicted molar refractivity (Wildman–Crippen MR) is 54.6 cm³/mol. The third kappa shape index (κ3) is 2.69. The Balaban J connectivity index is 2.38. The lowest BCUT2D eigenvalue weighted by Crippen LogP contribution is -2.44. The lowest BCUT2D eigenvalue weighted by molar-refractivity contribution is -0.122. The number of rotatable bonds is 4. The summed E-state index contributed by atoms with van der Waals surface area (Å²) in [6.45, 7) is 2.38. The zero-order chi connectivity index (χ0) is 10.6. The molecule has 4 heteroatoms. The summed E-state index contributed by atoms with van der Waals surface area (Å²) in [5.41, 5.74) is 5.35. The smallest absolute Gasteiger partial charge is 0.236 e. The Morgan fingerprint density at radius 2 is 2.14 bits per heavy atom. The molecule has 0 aromatic heterocycles. The second kappa shape index (κ2) is 4.75. The number of carbonyl (C=O) groups is 1. The highest BCUT2D eigenvalue weighted by molar-refractivity contribution is 5.80. The van der Waals surface area contributed by atoms with Gasteiger partial charge in [0.15, 0.2) is 0 Å². The van der Waals surface area contributed by atoms with E-state index in [0.717, 1.165) is 25.7 Å². The van der Waals surface area contributed by atoms with Gasteiger partial charge in [0.25, 0.3) is 0 Å². The third-order valence-electron chi connectivity index (χ3n) is 3.05. The van der Waals surface area contributed by atoms with Crippen molar-refractivity contribution in [1.29, 1.82) is 0 Å². The Bertz CT molecular complexity index is 198. The zero-order valence-corrected chi connectivity index (χ0v) is 8.75. The van der Waals surface area contributed by atoms with E-state index in [0.29, 0.717) is 6.54 Å². The molecule has 0 aliphatic heterocycles. The van der Waals surface area contributed by atoms with Crippen LogP contribution in [-0.4, -0.2) is 30.2 Å². The van der Waals surface area contributed by atoms with Gasteiger partial charge in [0.05, 0.1) is 12.6 Å². The Labute approximate surface area is 84.9 Å². The molecule has 0 spiro atoms. The third-order valence-corrected chi connectivity index (χ3v) is 3.05. The number of amides is 1. The van der Waals surface area contributed by atoms with Gasteiger partial charge in [-0.05, 0) is 19.8 Å². The maximum Gasteiger partial charge on any atom is 0.236 e. The van der Waals surface area contributed by atoms with Gasteiger partial charge in [-0.3, -0.25) is 4.79 Å². The molecule has 0 heterocycles. The van der Waals surface area contributed by atoms with Crippen LogP contribution in [0.4, 0.5) is 0 Å². The highest BCUT2D eigenvalue weighted by Gasteiger charge is 2.33. The van der Waals surface area contributed by atoms with Crippen molar-refractivity contribution in [2.24, 2.45) is 11.1 Å². The number of hydrogen-bond donors (Lipinski definition) is 3. The highest BCUT2D eigenvalue weighted by atomic mass is 16.3. The summed E-state index contributed by atoms with van der Waals surface area (Å²) >= 11 is 0. The van der Waals surface area contributed by atoms with Gasteiger partial charge in [-0.25, -0.2) is 0 Å². The normalized spacial score (nSPS) is 21.9. The number of hydrogen-bond acceptors (Lipinski definition) is 3. The van der Waals surface area contributed by atoms with Crippen LogP contribution < -0.4 is 11.1 Å². The van der Waals surface area contributed by atoms with Crippen molar-refractivity contribution >= 4 is 5.91 Å². The van der Waals surface area contributed by atoms with E-state index in [1.165, 1.54) is 0 Å². The minimum Gasteiger partial charge on any atom is -0.396 e. The molecule has 1 saturated carbocycles. The van der Waals surface area contributed by atoms with Gasteiger partial charge in [-0.1, -0.05) is 12.8 Å². The number of nitrogens with two attached hydrogens (primary N) is 1. The van der Waals surface area contributed by atoms with Crippen LogP contribution in [0.3, 0.4) is 0 Å². The maximum atomic E-state index is 11.2. The highest BCUT2D eigenvalue weighted by Crippen LogP contribution is 2.36. The Kier molecular flexibility index (Phi) is 3.89. The molecule has 82 valence electrons. The molecule has 4 nitrogen and oxygen atoms in total. The fourth-order valence-corrected chi connectivity index (χ4v) is 1.95. The average Bonchev–Trinajstić information content (AvgIpc) is 2.63. The summed E-state index contributed by atoms with van der Waals surface area (Å²) in [5.74, 6) is -0.135. The van der Waals surface area contributed by atoms with Crippen LogP contribution in [0.2, 0.25) is 0 Å². The van der Waals surface area contributed by atoms with E-state index in [2.05, 4.69) is 5.32 Å². The molecule has 0 bridgehead atoms. The zero-order valence-electron chi connectivity index (χ0n) is 8.75. The molecule has 4 N–H and O–H groups in total. The summed E-state index contributed by atoms with van der Waals surface area (Å²) in [4.78, 5) is 11.2. The molecule has 1 amide bonds. The molecule has 1 atom stereocenters. The Morgan fingerprint density at radius 3 is 2.57 bits per heavy atom. The molecular weight excluding hydrogens is 180 g/mol. The van der Waals surface area contributed by atoms with Crippen LogP contribution in [0.1, 0.15) is 32.6 Å². The van der Waals surface area contributed by atoms with Gasteiger partial charge in [0.1, 0.15) is 0 Å². The van der Waals surface area contributed by atoms with Crippen LogP contribution in [0, 0.1) is 5.41 Å². The summed E-state index contributed by atoms with van der Waals surface area (Å²) in [5, 5.41) is 12.1. The van der Waals surface area contributed by atoms with Gasteiger partial charge in [0, 0.05) is 12.0 Å². The summed E-state index contributed by atoms with van der Waals surface area (Å²) in [7, 11) is 0. The van der Waals surface area contributed by atoms with Crippen molar-refractivity contribution in [3.8, 4) is 0 Å². The van der Waals surface area contributed by atoms with Crippen LogP contribution in [-0.2, 0) is 4.79 Å². The summed E-state index contributed by atoms with van der Waals surface area (Å²) in [6.07, 6.45) is 4.30. The second-order valence-corrected chi connectivity index (χ2v) is 4.37. The molecule has 0 aromatic rings. The van der Waals surface area contributed by atoms with Crippen LogP contribution in [0.5, 0.6) is 0 Å². The molecule has 1 aliphatic rings. The fourth-order valence-electron chi connectivity index (χ4n) is 1.95. The number of nitrogens with one attached hydrogen (secondary N) is 1. The van der Waals surface area contributed by atoms with Crippen molar-refractivity contribution in [2.45, 2.75) is 38.6 Å². The lowest BCUT2D eigenvalue weighted by atomic mass is 9.87. The maximum absolute atomic E-state index is 11.2. The van der Waals surface area contributed by atoms with Crippen molar-refractivity contribution < 1.29 is 9.90 Å². The predicted octanol–water partition coefficient (Wildman–Crippen LogP) is 0.00250. The quantitative estimate of drug-likeness (QED) is 0.598. The monoisotopic (exact) mass is 200 g/mol. The van der Waals surface area contributed by atoms with E-state index >= 15 is 0 Å². The molecule has 1 fully saturated rings. The molecule has 0 saturated heterocycles. The van der Waals surface area contributed by atoms with E-state index in [1.807, 2.05) is 0 Å². The molecule has 1 aliphatic carbocycles. The largest absolute Gasteiger partial charge is 0.396 e. The van der Waals surface area contributed by atoms with Crippen LogP contribution in [0.15, 0.2) is 0 Å². The molecule has 0 aromatic carbocycles. The Morgan fingerprint density at radius 1 is 1.57 bits per heavy atom. The minimum atomic E-state index is -0.466. The standard InChI is InChI=1S/C10H20N2O2/c1-8(11)9(14)12-6-10(7-13)4-2-3-5-10/h8,13H,2-7,11H2,1H3,(H,12,14). The van der Waals surface area contributed by atoms with Gasteiger partial charge in [-0.15, -0.1) is 0 Å².